The Kier molecular flexibility index (Phi) is 38.2. The van der Waals surface area contributed by atoms with E-state index in [4.69, 9.17) is 28.4 Å². The molecule has 15 nitrogen and oxygen atoms in total. The fraction of sp³-hybridized carbons (Fsp3) is 0.914. The monoisotopic (exact) mass is 1400 g/mol. The van der Waals surface area contributed by atoms with Gasteiger partial charge in [0.25, 0.3) is 0 Å². The third-order valence-corrected chi connectivity index (χ3v) is 25.5. The summed E-state index contributed by atoms with van der Waals surface area (Å²) in [6, 6.07) is 0.269. The number of β-lactam (4-membered cyclic amide) rings is 1. The van der Waals surface area contributed by atoms with Gasteiger partial charge in [-0.2, -0.15) is 11.8 Å². The van der Waals surface area contributed by atoms with Gasteiger partial charge in [-0.25, -0.2) is 4.79 Å². The number of carbonyl (C=O) groups excluding carboxylic acids is 7. The Morgan fingerprint density at radius 3 is 1.39 bits per heavy atom. The van der Waals surface area contributed by atoms with Crippen LogP contribution in [0.5, 0.6) is 0 Å². The molecular formula is C81H155NO14S. The number of hydrogen-bond donors (Lipinski definition) is 1. The number of rotatable bonds is 15. The van der Waals surface area contributed by atoms with Gasteiger partial charge in [-0.15, -0.1) is 0 Å². The first-order valence-corrected chi connectivity index (χ1v) is 35.7. The molecule has 0 radical (unpaired) electrons. The highest BCUT2D eigenvalue weighted by Crippen LogP contribution is 2.66. The molecule has 10 atom stereocenters. The first kappa shape index (κ1) is 97.9. The number of ether oxygens (including phenoxy) is 6. The van der Waals surface area contributed by atoms with E-state index in [1.54, 1.807) is 30.5 Å². The van der Waals surface area contributed by atoms with E-state index in [0.717, 1.165) is 93.0 Å². The minimum atomic E-state index is -0.687. The number of carbonyl (C=O) groups is 7. The van der Waals surface area contributed by atoms with E-state index >= 15 is 0 Å². The van der Waals surface area contributed by atoms with E-state index < -0.39 is 39.3 Å². The van der Waals surface area contributed by atoms with Crippen molar-refractivity contribution in [2.24, 2.45) is 92.2 Å². The Balaban J connectivity index is -0.00000112. The van der Waals surface area contributed by atoms with Crippen molar-refractivity contribution in [1.82, 2.24) is 4.90 Å². The first-order valence-electron chi connectivity index (χ1n) is 34.5. The normalized spacial score (nSPS) is 33.4. The molecule has 574 valence electrons. The molecule has 3 saturated heterocycles. The third-order valence-electron chi connectivity index (χ3n) is 24.6. The summed E-state index contributed by atoms with van der Waals surface area (Å²) in [5, 5.41) is 10.6. The summed E-state index contributed by atoms with van der Waals surface area (Å²) in [4.78, 5) is 86.2. The number of imide groups is 1. The highest BCUT2D eigenvalue weighted by Gasteiger charge is 2.70. The maximum atomic E-state index is 12.7. The summed E-state index contributed by atoms with van der Waals surface area (Å²) in [5.74, 6) is 8.33. The second-order valence-electron chi connectivity index (χ2n) is 32.4. The topological polar surface area (TPSA) is 198 Å². The van der Waals surface area contributed by atoms with E-state index in [9.17, 15) is 38.7 Å². The molecular weight excluding hydrogens is 1240 g/mol. The molecule has 11 aliphatic carbocycles. The lowest BCUT2D eigenvalue weighted by atomic mass is 9.49. The first-order chi connectivity index (χ1) is 40.7. The Bertz CT molecular complexity index is 2450. The van der Waals surface area contributed by atoms with Crippen molar-refractivity contribution in [3.63, 3.8) is 0 Å². The number of likely N-dealkylation sites (tertiary alicyclic amines) is 1. The van der Waals surface area contributed by atoms with Crippen LogP contribution in [-0.2, 0) is 62.0 Å². The standard InChI is InChI=1S/C18H30O2.C17H25NO2.C16H26O3.C10H16O4.C10H18O3S.10CH4/c1-5-17(3,4)16(19)20-18(6-2)14-8-12-7-13(10-14)11-15(18)9-12;1-4-17(2,3)16(20)18-14-12-8-11(13(14)15(18)19)9-6-5-7-10(9)12;1-4-14(2,3)13(17)19-16-8-11-5-12(9-16)7-15(18,6-11)10-16;1-4-10(2,3)9(12)14-7-5-6-13-8(7)11;1-4-10(2,3)9(11)13-8-7-14-6-5-12-8;;;;;;;;;;/h12-15H,5-11H2,1-4H3;9-14H,4-8H2,1-3H3;11-12,18H,4-10H2,1-3H3;7H,4-6H2,1-3H3;8H,4-7H2,1-3H3;10*1H4. The fourth-order valence-corrected chi connectivity index (χ4v) is 18.4. The van der Waals surface area contributed by atoms with Gasteiger partial charge in [0.2, 0.25) is 24.2 Å². The molecule has 0 aromatic heterocycles. The van der Waals surface area contributed by atoms with Crippen LogP contribution in [0.3, 0.4) is 0 Å². The summed E-state index contributed by atoms with van der Waals surface area (Å²) in [5.41, 5.74) is -3.10. The fourth-order valence-electron chi connectivity index (χ4n) is 17.6. The predicted octanol–water partition coefficient (Wildman–Crippen LogP) is 20.2. The molecule has 3 heterocycles. The van der Waals surface area contributed by atoms with Gasteiger partial charge >= 0.3 is 29.8 Å². The van der Waals surface area contributed by atoms with Crippen molar-refractivity contribution in [3.05, 3.63) is 0 Å². The van der Waals surface area contributed by atoms with Crippen LogP contribution in [0.25, 0.3) is 0 Å². The lowest BCUT2D eigenvalue weighted by Crippen LogP contribution is -2.68. The average Bonchev–Trinajstić information content (AvgIpc) is 1.56. The maximum absolute atomic E-state index is 12.7. The van der Waals surface area contributed by atoms with Crippen LogP contribution >= 0.6 is 11.8 Å². The van der Waals surface area contributed by atoms with Crippen LogP contribution in [-0.4, -0.2) is 112 Å². The number of esters is 5. The third kappa shape index (κ3) is 20.6. The summed E-state index contributed by atoms with van der Waals surface area (Å²) in [6.07, 6.45) is 21.9. The average molecular weight is 1400 g/mol. The Labute approximate surface area is 600 Å². The molecule has 3 aliphatic heterocycles. The van der Waals surface area contributed by atoms with E-state index in [0.29, 0.717) is 68.0 Å². The number of aliphatic hydroxyl groups is 1. The smallest absolute Gasteiger partial charge is 0.347 e. The van der Waals surface area contributed by atoms with Crippen LogP contribution in [0.1, 0.15) is 326 Å². The van der Waals surface area contributed by atoms with Gasteiger partial charge in [-0.1, -0.05) is 136 Å². The van der Waals surface area contributed by atoms with Crippen molar-refractivity contribution >= 4 is 53.4 Å². The van der Waals surface area contributed by atoms with Crippen LogP contribution in [0, 0.1) is 92.2 Å². The summed E-state index contributed by atoms with van der Waals surface area (Å²) < 4.78 is 32.6. The Morgan fingerprint density at radius 2 is 0.969 bits per heavy atom. The van der Waals surface area contributed by atoms with Gasteiger partial charge in [-0.05, 0) is 237 Å². The molecule has 11 saturated carbocycles. The van der Waals surface area contributed by atoms with E-state index in [1.165, 1.54) is 64.2 Å². The number of cyclic esters (lactones) is 1. The molecule has 0 aromatic carbocycles. The summed E-state index contributed by atoms with van der Waals surface area (Å²) in [6.45, 7) is 32.6. The van der Waals surface area contributed by atoms with Crippen LogP contribution in [0.4, 0.5) is 0 Å². The van der Waals surface area contributed by atoms with Crippen molar-refractivity contribution in [2.45, 2.75) is 362 Å². The van der Waals surface area contributed by atoms with Crippen LogP contribution < -0.4 is 0 Å². The molecule has 1 N–H and O–H groups in total. The van der Waals surface area contributed by atoms with Crippen LogP contribution in [0.2, 0.25) is 0 Å². The zero-order valence-electron chi connectivity index (χ0n) is 56.6. The molecule has 97 heavy (non-hydrogen) atoms. The maximum Gasteiger partial charge on any atom is 0.347 e. The number of nitrogens with zero attached hydrogens (tertiary/aromatic N) is 1. The molecule has 0 aromatic rings. The summed E-state index contributed by atoms with van der Waals surface area (Å²) in [7, 11) is 0. The molecule has 10 unspecified atom stereocenters. The van der Waals surface area contributed by atoms with E-state index in [-0.39, 0.29) is 145 Å². The number of hydrogen-bond acceptors (Lipinski definition) is 15. The van der Waals surface area contributed by atoms with E-state index in [2.05, 4.69) is 13.8 Å². The van der Waals surface area contributed by atoms with Gasteiger partial charge in [-0.3, -0.25) is 33.7 Å². The Morgan fingerprint density at radius 1 is 0.526 bits per heavy atom. The summed E-state index contributed by atoms with van der Waals surface area (Å²) >= 11 is 1.76. The highest BCUT2D eigenvalue weighted by molar-refractivity contribution is 7.99. The number of fused-ring (bicyclic) bond motifs is 8. The van der Waals surface area contributed by atoms with Gasteiger partial charge in [0.1, 0.15) is 11.2 Å². The van der Waals surface area contributed by atoms with Crippen molar-refractivity contribution < 1.29 is 67.1 Å². The molecule has 14 aliphatic rings. The lowest BCUT2D eigenvalue weighted by molar-refractivity contribution is -0.225. The zero-order chi connectivity index (χ0) is 64.0. The SMILES string of the molecule is C.C.C.C.C.C.C.C.C.C.CCC(C)(C)C(=O)N1C(=O)C2C3CC(C4CCCC43)C21.CCC(C)(C)C(=O)OC1(CC)C2CC3CC(C2)CC1C3.CCC(C)(C)C(=O)OC12CC3CC(CC(O)(C3)C1)C2.CCC(C)(C)C(=O)OC1CCOC1=O.CCC(C)(C)C(=O)OC1CSCCO1. The minimum absolute atomic E-state index is 0. The molecule has 2 amide bonds. The highest BCUT2D eigenvalue weighted by atomic mass is 32.2. The molecule has 14 rings (SSSR count). The number of thioether (sulfide) groups is 1. The van der Waals surface area contributed by atoms with Gasteiger partial charge in [0, 0.05) is 24.0 Å². The molecule has 16 heteroatoms. The largest absolute Gasteiger partial charge is 0.463 e. The minimum Gasteiger partial charge on any atom is -0.463 e. The second kappa shape index (κ2) is 37.8. The van der Waals surface area contributed by atoms with Gasteiger partial charge in [0.05, 0.1) is 58.2 Å². The van der Waals surface area contributed by atoms with Crippen molar-refractivity contribution in [1.29, 1.82) is 0 Å². The molecule has 0 spiro atoms. The molecule has 14 fully saturated rings. The molecule has 10 bridgehead atoms. The van der Waals surface area contributed by atoms with Crippen LogP contribution in [0.15, 0.2) is 0 Å². The van der Waals surface area contributed by atoms with E-state index in [1.807, 2.05) is 83.1 Å². The predicted molar refractivity (Wildman–Crippen MR) is 402 cm³/mol. The van der Waals surface area contributed by atoms with Gasteiger partial charge in [0.15, 0.2) is 0 Å². The quantitative estimate of drug-likeness (QED) is 0.0922. The Hall–Kier alpha value is -3.24. The number of amides is 2. The second-order valence-corrected chi connectivity index (χ2v) is 33.6. The van der Waals surface area contributed by atoms with Crippen molar-refractivity contribution in [3.8, 4) is 0 Å². The lowest BCUT2D eigenvalue weighted by Gasteiger charge is -2.60. The van der Waals surface area contributed by atoms with Gasteiger partial charge < -0.3 is 33.5 Å². The zero-order valence-corrected chi connectivity index (χ0v) is 57.4. The van der Waals surface area contributed by atoms with Crippen molar-refractivity contribution in [2.75, 3.05) is 24.7 Å².